The molecule has 26 heavy (non-hydrogen) atoms. The number of ether oxygens (including phenoxy) is 1. The van der Waals surface area contributed by atoms with Crippen molar-refractivity contribution in [3.05, 3.63) is 0 Å². The van der Waals surface area contributed by atoms with Gasteiger partial charge in [-0.15, -0.1) is 0 Å². The molecule has 0 saturated carbocycles. The van der Waals surface area contributed by atoms with E-state index in [-0.39, 0.29) is 5.97 Å². The molecule has 0 heterocycles. The second kappa shape index (κ2) is 16.8. The number of carbonyl (C=O) groups excluding carboxylic acids is 1. The Labute approximate surface area is 164 Å². The maximum atomic E-state index is 11.0. The smallest absolute Gasteiger partial charge is 0.305 e. The lowest BCUT2D eigenvalue weighted by atomic mass is 10.0. The third kappa shape index (κ3) is 18.4. The van der Waals surface area contributed by atoms with Gasteiger partial charge in [-0.3, -0.25) is 4.79 Å². The van der Waals surface area contributed by atoms with Gasteiger partial charge in [-0.2, -0.15) is 0 Å². The molecule has 0 bridgehead atoms. The molecular weight excluding hydrogens is 340 g/mol. The molecule has 0 aliphatic carbocycles. The van der Waals surface area contributed by atoms with E-state index < -0.39 is 8.32 Å². The number of methoxy groups -OCH3 is 1. The summed E-state index contributed by atoms with van der Waals surface area (Å²) < 4.78 is 11.1. The minimum absolute atomic E-state index is 0.0731. The predicted octanol–water partition coefficient (Wildman–Crippen LogP) is 7.25. The highest BCUT2D eigenvalue weighted by atomic mass is 28.4. The first-order chi connectivity index (χ1) is 12.4. The first-order valence-electron chi connectivity index (χ1n) is 11.1. The van der Waals surface area contributed by atoms with Crippen LogP contribution in [0.3, 0.4) is 0 Å². The molecule has 1 atom stereocenters. The normalized spacial score (nSPS) is 13.0. The molecule has 0 aliphatic rings. The van der Waals surface area contributed by atoms with Gasteiger partial charge in [0.25, 0.3) is 0 Å². The van der Waals surface area contributed by atoms with Crippen molar-refractivity contribution in [3.63, 3.8) is 0 Å². The van der Waals surface area contributed by atoms with Crippen molar-refractivity contribution >= 4 is 14.3 Å². The Balaban J connectivity index is 3.57. The predicted molar refractivity (Wildman–Crippen MR) is 115 cm³/mol. The molecule has 0 fully saturated rings. The summed E-state index contributed by atoms with van der Waals surface area (Å²) in [6, 6.07) is 0. The van der Waals surface area contributed by atoms with Gasteiger partial charge in [-0.25, -0.2) is 0 Å². The summed E-state index contributed by atoms with van der Waals surface area (Å²) in [7, 11) is 0.0488. The Morgan fingerprint density at radius 1 is 0.769 bits per heavy atom. The number of rotatable bonds is 18. The minimum Gasteiger partial charge on any atom is -0.469 e. The fourth-order valence-electron chi connectivity index (χ4n) is 3.37. The standard InChI is InChI=1S/C22H46O3Si/c1-6-7-15-18-21(25-26(3,4)5)19-16-13-11-9-8-10-12-14-17-20-22(23)24-2/h21H,6-20H2,1-5H3. The van der Waals surface area contributed by atoms with Crippen LogP contribution in [-0.4, -0.2) is 27.5 Å². The van der Waals surface area contributed by atoms with Crippen LogP contribution < -0.4 is 0 Å². The van der Waals surface area contributed by atoms with E-state index in [1.54, 1.807) is 0 Å². The quantitative estimate of drug-likeness (QED) is 0.141. The molecule has 0 amide bonds. The van der Waals surface area contributed by atoms with Crippen LogP contribution in [0.25, 0.3) is 0 Å². The van der Waals surface area contributed by atoms with Gasteiger partial charge in [-0.1, -0.05) is 77.6 Å². The number of hydrogen-bond acceptors (Lipinski definition) is 3. The summed E-state index contributed by atoms with van der Waals surface area (Å²) in [6.45, 7) is 9.20. The number of unbranched alkanes of at least 4 members (excludes halogenated alkanes) is 10. The maximum Gasteiger partial charge on any atom is 0.305 e. The van der Waals surface area contributed by atoms with Crippen LogP contribution >= 0.6 is 0 Å². The highest BCUT2D eigenvalue weighted by Crippen LogP contribution is 2.20. The zero-order valence-electron chi connectivity index (χ0n) is 18.4. The Bertz CT molecular complexity index is 326. The fraction of sp³-hybridized carbons (Fsp3) is 0.955. The monoisotopic (exact) mass is 386 g/mol. The number of carbonyl (C=O) groups is 1. The van der Waals surface area contributed by atoms with Crippen LogP contribution in [0.1, 0.15) is 103 Å². The maximum absolute atomic E-state index is 11.0. The van der Waals surface area contributed by atoms with Crippen molar-refractivity contribution in [3.8, 4) is 0 Å². The van der Waals surface area contributed by atoms with E-state index in [9.17, 15) is 4.79 Å². The number of hydrogen-bond donors (Lipinski definition) is 0. The largest absolute Gasteiger partial charge is 0.469 e. The van der Waals surface area contributed by atoms with Crippen LogP contribution in [0.15, 0.2) is 0 Å². The van der Waals surface area contributed by atoms with Gasteiger partial charge in [0.15, 0.2) is 8.32 Å². The third-order valence-corrected chi connectivity index (χ3v) is 5.82. The van der Waals surface area contributed by atoms with E-state index in [0.29, 0.717) is 12.5 Å². The molecule has 156 valence electrons. The summed E-state index contributed by atoms with van der Waals surface area (Å²) in [5, 5.41) is 0. The molecule has 0 N–H and O–H groups in total. The molecule has 4 heteroatoms. The van der Waals surface area contributed by atoms with E-state index in [1.165, 1.54) is 84.2 Å². The lowest BCUT2D eigenvalue weighted by Crippen LogP contribution is -2.32. The van der Waals surface area contributed by atoms with E-state index in [4.69, 9.17) is 4.43 Å². The number of esters is 1. The van der Waals surface area contributed by atoms with Crippen LogP contribution in [0.4, 0.5) is 0 Å². The van der Waals surface area contributed by atoms with Gasteiger partial charge in [-0.05, 0) is 38.9 Å². The second-order valence-corrected chi connectivity index (χ2v) is 13.1. The summed E-state index contributed by atoms with van der Waals surface area (Å²) in [5.74, 6) is -0.0731. The molecule has 1 unspecified atom stereocenters. The van der Waals surface area contributed by atoms with E-state index in [0.717, 1.165) is 12.8 Å². The Hall–Kier alpha value is -0.353. The second-order valence-electron chi connectivity index (χ2n) is 8.64. The molecular formula is C22H46O3Si. The van der Waals surface area contributed by atoms with Crippen LogP contribution in [0.2, 0.25) is 19.6 Å². The van der Waals surface area contributed by atoms with Gasteiger partial charge in [0, 0.05) is 12.5 Å². The molecule has 0 saturated heterocycles. The molecule has 3 nitrogen and oxygen atoms in total. The zero-order chi connectivity index (χ0) is 19.7. The Kier molecular flexibility index (Phi) is 16.6. The molecule has 0 radical (unpaired) electrons. The van der Waals surface area contributed by atoms with Crippen molar-refractivity contribution < 1.29 is 14.0 Å². The summed E-state index contributed by atoms with van der Waals surface area (Å²) in [5.41, 5.74) is 0. The first kappa shape index (κ1) is 25.6. The first-order valence-corrected chi connectivity index (χ1v) is 14.5. The highest BCUT2D eigenvalue weighted by Gasteiger charge is 2.20. The topological polar surface area (TPSA) is 35.5 Å². The van der Waals surface area contributed by atoms with Crippen molar-refractivity contribution in [2.45, 2.75) is 129 Å². The van der Waals surface area contributed by atoms with Gasteiger partial charge in [0.1, 0.15) is 0 Å². The highest BCUT2D eigenvalue weighted by molar-refractivity contribution is 6.69. The van der Waals surface area contributed by atoms with Crippen molar-refractivity contribution in [2.75, 3.05) is 7.11 Å². The van der Waals surface area contributed by atoms with Gasteiger partial charge in [0.05, 0.1) is 7.11 Å². The van der Waals surface area contributed by atoms with E-state index in [1.807, 2.05) is 0 Å². The summed E-state index contributed by atoms with van der Waals surface area (Å²) in [4.78, 5) is 11.0. The van der Waals surface area contributed by atoms with E-state index >= 15 is 0 Å². The molecule has 0 aromatic carbocycles. The average molecular weight is 387 g/mol. The Morgan fingerprint density at radius 3 is 1.69 bits per heavy atom. The van der Waals surface area contributed by atoms with Crippen LogP contribution in [-0.2, 0) is 14.0 Å². The average Bonchev–Trinajstić information content (AvgIpc) is 2.58. The van der Waals surface area contributed by atoms with Crippen molar-refractivity contribution in [2.24, 2.45) is 0 Å². The van der Waals surface area contributed by atoms with Gasteiger partial charge in [0.2, 0.25) is 0 Å². The van der Waals surface area contributed by atoms with E-state index in [2.05, 4.69) is 31.3 Å². The van der Waals surface area contributed by atoms with Crippen molar-refractivity contribution in [1.82, 2.24) is 0 Å². The minimum atomic E-state index is -1.42. The third-order valence-electron chi connectivity index (χ3n) is 4.78. The SMILES string of the molecule is CCCCCC(CCCCCCCCCCCC(=O)OC)O[Si](C)(C)C. The van der Waals surface area contributed by atoms with Crippen LogP contribution in [0, 0.1) is 0 Å². The Morgan fingerprint density at radius 2 is 1.23 bits per heavy atom. The lowest BCUT2D eigenvalue weighted by molar-refractivity contribution is -0.140. The molecule has 0 spiro atoms. The van der Waals surface area contributed by atoms with Gasteiger partial charge >= 0.3 is 5.97 Å². The summed E-state index contributed by atoms with van der Waals surface area (Å²) in [6.07, 6.45) is 18.9. The van der Waals surface area contributed by atoms with Crippen LogP contribution in [0.5, 0.6) is 0 Å². The van der Waals surface area contributed by atoms with Gasteiger partial charge < -0.3 is 9.16 Å². The molecule has 0 aromatic heterocycles. The lowest BCUT2D eigenvalue weighted by Gasteiger charge is -2.26. The zero-order valence-corrected chi connectivity index (χ0v) is 19.4. The molecule has 0 aromatic rings. The molecule has 0 aliphatic heterocycles. The fourth-order valence-corrected chi connectivity index (χ4v) is 4.60. The van der Waals surface area contributed by atoms with Crippen molar-refractivity contribution in [1.29, 1.82) is 0 Å². The summed E-state index contributed by atoms with van der Waals surface area (Å²) >= 11 is 0. The molecule has 0 rings (SSSR count).